The number of H-pyrrole nitrogens is 1. The molecule has 0 saturated carbocycles. The predicted octanol–water partition coefficient (Wildman–Crippen LogP) is 2.73. The predicted molar refractivity (Wildman–Crippen MR) is 91.2 cm³/mol. The number of aryl methyl sites for hydroxylation is 1. The van der Waals surface area contributed by atoms with Crippen molar-refractivity contribution in [2.45, 2.75) is 13.5 Å². The fraction of sp³-hybridized carbons (Fsp3) is 0.118. The largest absolute Gasteiger partial charge is 0.364 e. The van der Waals surface area contributed by atoms with Crippen LogP contribution in [0.5, 0.6) is 0 Å². The number of anilines is 1. The fourth-order valence-corrected chi connectivity index (χ4v) is 2.45. The van der Waals surface area contributed by atoms with Crippen LogP contribution in [-0.2, 0) is 6.54 Å². The summed E-state index contributed by atoms with van der Waals surface area (Å²) in [6, 6.07) is 9.78. The highest BCUT2D eigenvalue weighted by molar-refractivity contribution is 5.82. The molecule has 0 fully saturated rings. The van der Waals surface area contributed by atoms with Gasteiger partial charge in [-0.2, -0.15) is 0 Å². The summed E-state index contributed by atoms with van der Waals surface area (Å²) >= 11 is 0. The molecule has 0 aliphatic heterocycles. The van der Waals surface area contributed by atoms with Crippen molar-refractivity contribution in [3.05, 3.63) is 60.4 Å². The molecule has 4 rings (SSSR count). The van der Waals surface area contributed by atoms with Crippen molar-refractivity contribution in [3.63, 3.8) is 0 Å². The SMILES string of the molecule is Cc1nc(NCc2ccc(-c3ccccn3)nc2)c2[nH]cnc2n1. The van der Waals surface area contributed by atoms with Crippen LogP contribution in [0, 0.1) is 6.92 Å². The van der Waals surface area contributed by atoms with Gasteiger partial charge in [0, 0.05) is 18.9 Å². The molecule has 4 heterocycles. The van der Waals surface area contributed by atoms with E-state index in [4.69, 9.17) is 0 Å². The molecule has 4 aromatic rings. The molecule has 7 heteroatoms. The fourth-order valence-electron chi connectivity index (χ4n) is 2.45. The lowest BCUT2D eigenvalue weighted by Gasteiger charge is -2.07. The van der Waals surface area contributed by atoms with Gasteiger partial charge >= 0.3 is 0 Å². The van der Waals surface area contributed by atoms with Crippen LogP contribution in [-0.4, -0.2) is 29.9 Å². The van der Waals surface area contributed by atoms with E-state index in [9.17, 15) is 0 Å². The van der Waals surface area contributed by atoms with E-state index in [1.165, 1.54) is 0 Å². The quantitative estimate of drug-likeness (QED) is 0.601. The Morgan fingerprint density at radius 1 is 1.00 bits per heavy atom. The van der Waals surface area contributed by atoms with Crippen molar-refractivity contribution < 1.29 is 0 Å². The molecule has 4 aromatic heterocycles. The third-order valence-electron chi connectivity index (χ3n) is 3.61. The minimum Gasteiger partial charge on any atom is -0.364 e. The van der Waals surface area contributed by atoms with E-state index in [0.29, 0.717) is 18.0 Å². The summed E-state index contributed by atoms with van der Waals surface area (Å²) in [5, 5.41) is 3.31. The molecule has 0 spiro atoms. The van der Waals surface area contributed by atoms with Crippen LogP contribution in [0.1, 0.15) is 11.4 Å². The lowest BCUT2D eigenvalue weighted by Crippen LogP contribution is -2.04. The van der Waals surface area contributed by atoms with Crippen molar-refractivity contribution in [2.24, 2.45) is 0 Å². The van der Waals surface area contributed by atoms with Gasteiger partial charge in [0.05, 0.1) is 17.7 Å². The highest BCUT2D eigenvalue weighted by atomic mass is 15.1. The summed E-state index contributed by atoms with van der Waals surface area (Å²) in [6.45, 7) is 2.46. The molecule has 7 nitrogen and oxygen atoms in total. The van der Waals surface area contributed by atoms with Gasteiger partial charge in [0.15, 0.2) is 11.5 Å². The van der Waals surface area contributed by atoms with Crippen LogP contribution < -0.4 is 5.32 Å². The van der Waals surface area contributed by atoms with Crippen molar-refractivity contribution >= 4 is 17.0 Å². The van der Waals surface area contributed by atoms with Gasteiger partial charge in [0.25, 0.3) is 0 Å². The molecule has 0 aliphatic carbocycles. The number of aromatic amines is 1. The highest BCUT2D eigenvalue weighted by Crippen LogP contribution is 2.18. The van der Waals surface area contributed by atoms with Gasteiger partial charge in [-0.3, -0.25) is 9.97 Å². The summed E-state index contributed by atoms with van der Waals surface area (Å²) in [7, 11) is 0. The maximum atomic E-state index is 4.48. The summed E-state index contributed by atoms with van der Waals surface area (Å²) in [6.07, 6.45) is 5.22. The monoisotopic (exact) mass is 317 g/mol. The standard InChI is InChI=1S/C17H15N7/c1-11-23-16(15-17(24-11)22-10-21-15)20-9-12-5-6-14(19-8-12)13-4-2-3-7-18-13/h2-8,10H,9H2,1H3,(H2,20,21,22,23,24). The van der Waals surface area contributed by atoms with Crippen molar-refractivity contribution in [1.29, 1.82) is 0 Å². The van der Waals surface area contributed by atoms with E-state index in [1.54, 1.807) is 12.5 Å². The van der Waals surface area contributed by atoms with Gasteiger partial charge in [-0.15, -0.1) is 0 Å². The number of fused-ring (bicyclic) bond motifs is 1. The molecular formula is C17H15N7. The molecule has 0 bridgehead atoms. The van der Waals surface area contributed by atoms with Gasteiger partial charge < -0.3 is 10.3 Å². The smallest absolute Gasteiger partial charge is 0.183 e. The molecule has 24 heavy (non-hydrogen) atoms. The number of nitrogens with zero attached hydrogens (tertiary/aromatic N) is 5. The summed E-state index contributed by atoms with van der Waals surface area (Å²) in [4.78, 5) is 24.7. The third kappa shape index (κ3) is 2.79. The lowest BCUT2D eigenvalue weighted by molar-refractivity contribution is 1.04. The second-order valence-corrected chi connectivity index (χ2v) is 5.34. The van der Waals surface area contributed by atoms with Gasteiger partial charge in [-0.1, -0.05) is 12.1 Å². The number of hydrogen-bond donors (Lipinski definition) is 2. The Morgan fingerprint density at radius 3 is 2.71 bits per heavy atom. The van der Waals surface area contributed by atoms with Gasteiger partial charge in [0.1, 0.15) is 11.3 Å². The number of hydrogen-bond acceptors (Lipinski definition) is 6. The number of pyridine rings is 2. The minimum absolute atomic E-state index is 0.611. The van der Waals surface area contributed by atoms with Crippen LogP contribution in [0.3, 0.4) is 0 Å². The molecule has 0 amide bonds. The second kappa shape index (κ2) is 6.04. The van der Waals surface area contributed by atoms with E-state index in [2.05, 4.69) is 35.2 Å². The van der Waals surface area contributed by atoms with Crippen molar-refractivity contribution in [1.82, 2.24) is 29.9 Å². The topological polar surface area (TPSA) is 92.3 Å². The molecule has 0 saturated heterocycles. The van der Waals surface area contributed by atoms with Gasteiger partial charge in [0.2, 0.25) is 0 Å². The van der Waals surface area contributed by atoms with E-state index in [1.807, 2.05) is 43.5 Å². The minimum atomic E-state index is 0.611. The lowest BCUT2D eigenvalue weighted by atomic mass is 10.2. The summed E-state index contributed by atoms with van der Waals surface area (Å²) in [5.41, 5.74) is 4.24. The Morgan fingerprint density at radius 2 is 1.92 bits per heavy atom. The summed E-state index contributed by atoms with van der Waals surface area (Å²) < 4.78 is 0. The van der Waals surface area contributed by atoms with Crippen LogP contribution in [0.15, 0.2) is 49.1 Å². The molecule has 2 N–H and O–H groups in total. The van der Waals surface area contributed by atoms with Crippen molar-refractivity contribution in [2.75, 3.05) is 5.32 Å². The first kappa shape index (κ1) is 14.3. The molecular weight excluding hydrogens is 302 g/mol. The van der Waals surface area contributed by atoms with Gasteiger partial charge in [-0.05, 0) is 30.7 Å². The first-order valence-corrected chi connectivity index (χ1v) is 7.57. The van der Waals surface area contributed by atoms with E-state index >= 15 is 0 Å². The average Bonchev–Trinajstić information content (AvgIpc) is 3.09. The molecule has 118 valence electrons. The Kier molecular flexibility index (Phi) is 3.59. The van der Waals surface area contributed by atoms with Gasteiger partial charge in [-0.25, -0.2) is 15.0 Å². The zero-order valence-electron chi connectivity index (χ0n) is 13.1. The first-order valence-electron chi connectivity index (χ1n) is 7.57. The Bertz CT molecular complexity index is 961. The molecule has 0 radical (unpaired) electrons. The molecule has 0 atom stereocenters. The second-order valence-electron chi connectivity index (χ2n) is 5.34. The van der Waals surface area contributed by atoms with Crippen LogP contribution in [0.4, 0.5) is 5.82 Å². The molecule has 0 aliphatic rings. The number of nitrogens with one attached hydrogen (secondary N) is 2. The summed E-state index contributed by atoms with van der Waals surface area (Å²) in [5.74, 6) is 1.42. The Balaban J connectivity index is 1.52. The Labute approximate surface area is 138 Å². The van der Waals surface area contributed by atoms with Crippen LogP contribution in [0.25, 0.3) is 22.6 Å². The van der Waals surface area contributed by atoms with Crippen molar-refractivity contribution in [3.8, 4) is 11.4 Å². The number of imidazole rings is 1. The maximum absolute atomic E-state index is 4.48. The van der Waals surface area contributed by atoms with E-state index < -0.39 is 0 Å². The zero-order chi connectivity index (χ0) is 16.4. The number of rotatable bonds is 4. The zero-order valence-corrected chi connectivity index (χ0v) is 13.1. The third-order valence-corrected chi connectivity index (χ3v) is 3.61. The number of aromatic nitrogens is 6. The van der Waals surface area contributed by atoms with Crippen LogP contribution >= 0.6 is 0 Å². The molecule has 0 aromatic carbocycles. The maximum Gasteiger partial charge on any atom is 0.183 e. The molecule has 0 unspecified atom stereocenters. The van der Waals surface area contributed by atoms with E-state index in [-0.39, 0.29) is 0 Å². The first-order chi connectivity index (χ1) is 11.8. The average molecular weight is 317 g/mol. The van der Waals surface area contributed by atoms with Crippen LogP contribution in [0.2, 0.25) is 0 Å². The van der Waals surface area contributed by atoms with E-state index in [0.717, 1.165) is 28.3 Å². The Hall–Kier alpha value is -3.35. The highest BCUT2D eigenvalue weighted by Gasteiger charge is 2.08. The normalized spacial score (nSPS) is 10.9.